The van der Waals surface area contributed by atoms with Crippen LogP contribution in [0.15, 0.2) is 11.4 Å². The van der Waals surface area contributed by atoms with Crippen LogP contribution in [0.25, 0.3) is 0 Å². The van der Waals surface area contributed by atoms with Crippen molar-refractivity contribution in [2.75, 3.05) is 19.8 Å². The summed E-state index contributed by atoms with van der Waals surface area (Å²) < 4.78 is 5.21. The third-order valence-electron chi connectivity index (χ3n) is 3.96. The molecule has 1 aromatic rings. The maximum Gasteiger partial charge on any atom is 0.227 e. The van der Waals surface area contributed by atoms with Gasteiger partial charge in [0.2, 0.25) is 5.91 Å². The molecule has 0 bridgehead atoms. The molecule has 4 heteroatoms. The number of hydrogen-bond donors (Lipinski definition) is 1. The Morgan fingerprint density at radius 2 is 2.44 bits per heavy atom. The van der Waals surface area contributed by atoms with Gasteiger partial charge < -0.3 is 10.1 Å². The Morgan fingerprint density at radius 1 is 1.61 bits per heavy atom. The Balaban J connectivity index is 1.63. The third kappa shape index (κ3) is 2.19. The largest absolute Gasteiger partial charge is 0.380 e. The standard InChI is InChI=1S/C14H19NO2S/c1-14(8-17-9-14)7-15-13(16)11-3-2-4-12-10(11)5-6-18-12/h5-6,11H,2-4,7-9H2,1H3,(H,15,16). The molecule has 1 atom stereocenters. The molecule has 2 aliphatic rings. The number of rotatable bonds is 3. The van der Waals surface area contributed by atoms with E-state index >= 15 is 0 Å². The number of fused-ring (bicyclic) bond motifs is 1. The van der Waals surface area contributed by atoms with Crippen molar-refractivity contribution < 1.29 is 9.53 Å². The number of ether oxygens (including phenoxy) is 1. The van der Waals surface area contributed by atoms with E-state index in [-0.39, 0.29) is 17.2 Å². The van der Waals surface area contributed by atoms with Gasteiger partial charge in [0.1, 0.15) is 0 Å². The maximum atomic E-state index is 12.3. The van der Waals surface area contributed by atoms with Gasteiger partial charge >= 0.3 is 0 Å². The Labute approximate surface area is 112 Å². The van der Waals surface area contributed by atoms with Crippen LogP contribution in [0.1, 0.15) is 36.1 Å². The Hall–Kier alpha value is -0.870. The second kappa shape index (κ2) is 4.67. The first-order valence-corrected chi connectivity index (χ1v) is 7.48. The summed E-state index contributed by atoms with van der Waals surface area (Å²) in [5.74, 6) is 0.270. The van der Waals surface area contributed by atoms with Crippen molar-refractivity contribution in [1.82, 2.24) is 5.32 Å². The van der Waals surface area contributed by atoms with Crippen molar-refractivity contribution in [3.05, 3.63) is 21.9 Å². The second-order valence-corrected chi connectivity index (χ2v) is 6.77. The van der Waals surface area contributed by atoms with E-state index in [9.17, 15) is 4.79 Å². The molecule has 3 nitrogen and oxygen atoms in total. The summed E-state index contributed by atoms with van der Waals surface area (Å²) in [4.78, 5) is 13.7. The van der Waals surface area contributed by atoms with Crippen LogP contribution in [0.2, 0.25) is 0 Å². The molecule has 0 radical (unpaired) electrons. The lowest BCUT2D eigenvalue weighted by atomic mass is 9.85. The van der Waals surface area contributed by atoms with Gasteiger partial charge in [-0.25, -0.2) is 0 Å². The molecule has 0 aromatic carbocycles. The molecule has 0 spiro atoms. The van der Waals surface area contributed by atoms with E-state index in [1.807, 2.05) is 0 Å². The lowest BCUT2D eigenvalue weighted by Gasteiger charge is -2.38. The molecule has 3 rings (SSSR count). The summed E-state index contributed by atoms with van der Waals surface area (Å²) in [6, 6.07) is 2.12. The van der Waals surface area contributed by atoms with Crippen LogP contribution >= 0.6 is 11.3 Å². The monoisotopic (exact) mass is 265 g/mol. The SMILES string of the molecule is CC1(CNC(=O)C2CCCc3sccc32)COC1. The van der Waals surface area contributed by atoms with Gasteiger partial charge in [0, 0.05) is 16.8 Å². The summed E-state index contributed by atoms with van der Waals surface area (Å²) in [5, 5.41) is 5.22. The third-order valence-corrected chi connectivity index (χ3v) is 4.96. The average molecular weight is 265 g/mol. The Morgan fingerprint density at radius 3 is 3.17 bits per heavy atom. The fourth-order valence-corrected chi connectivity index (χ4v) is 3.72. The predicted molar refractivity (Wildman–Crippen MR) is 71.9 cm³/mol. The summed E-state index contributed by atoms with van der Waals surface area (Å²) >= 11 is 1.79. The molecule has 1 aromatic heterocycles. The van der Waals surface area contributed by atoms with Gasteiger partial charge in [0.15, 0.2) is 0 Å². The molecular formula is C14H19NO2S. The van der Waals surface area contributed by atoms with Gasteiger partial charge in [0.25, 0.3) is 0 Å². The van der Waals surface area contributed by atoms with Crippen molar-refractivity contribution in [2.24, 2.45) is 5.41 Å². The quantitative estimate of drug-likeness (QED) is 0.911. The highest BCUT2D eigenvalue weighted by Crippen LogP contribution is 2.35. The Kier molecular flexibility index (Phi) is 3.16. The van der Waals surface area contributed by atoms with E-state index in [4.69, 9.17) is 4.74 Å². The van der Waals surface area contributed by atoms with Gasteiger partial charge in [-0.1, -0.05) is 6.92 Å². The minimum absolute atomic E-state index is 0.0737. The molecule has 1 amide bonds. The molecule has 98 valence electrons. The van der Waals surface area contributed by atoms with Crippen LogP contribution in [-0.4, -0.2) is 25.7 Å². The highest BCUT2D eigenvalue weighted by atomic mass is 32.1. The summed E-state index contributed by atoms with van der Waals surface area (Å²) in [6.07, 6.45) is 3.26. The van der Waals surface area contributed by atoms with Gasteiger partial charge in [-0.3, -0.25) is 4.79 Å². The van der Waals surface area contributed by atoms with E-state index in [0.717, 1.165) is 39.0 Å². The molecule has 18 heavy (non-hydrogen) atoms. The molecule has 1 aliphatic heterocycles. The highest BCUT2D eigenvalue weighted by Gasteiger charge is 2.35. The number of nitrogens with one attached hydrogen (secondary N) is 1. The molecule has 1 fully saturated rings. The lowest BCUT2D eigenvalue weighted by molar-refractivity contribution is -0.128. The summed E-state index contributed by atoms with van der Waals surface area (Å²) in [6.45, 7) is 4.43. The fraction of sp³-hybridized carbons (Fsp3) is 0.643. The van der Waals surface area contributed by atoms with Crippen LogP contribution in [0.4, 0.5) is 0 Å². The molecule has 1 unspecified atom stereocenters. The first-order valence-electron chi connectivity index (χ1n) is 6.60. The molecule has 0 saturated carbocycles. The van der Waals surface area contributed by atoms with Gasteiger partial charge in [-0.15, -0.1) is 11.3 Å². The van der Waals surface area contributed by atoms with Gasteiger partial charge in [-0.05, 0) is 36.3 Å². The summed E-state index contributed by atoms with van der Waals surface area (Å²) in [7, 11) is 0. The first-order chi connectivity index (χ1) is 8.68. The summed E-state index contributed by atoms with van der Waals surface area (Å²) in [5.41, 5.74) is 1.42. The van der Waals surface area contributed by atoms with Crippen LogP contribution < -0.4 is 5.32 Å². The zero-order chi connectivity index (χ0) is 12.6. The molecule has 2 heterocycles. The first kappa shape index (κ1) is 12.2. The van der Waals surface area contributed by atoms with Crippen molar-refractivity contribution in [3.63, 3.8) is 0 Å². The highest BCUT2D eigenvalue weighted by molar-refractivity contribution is 7.10. The average Bonchev–Trinajstić information content (AvgIpc) is 2.81. The molecular weight excluding hydrogens is 246 g/mol. The number of amides is 1. The smallest absolute Gasteiger partial charge is 0.227 e. The van der Waals surface area contributed by atoms with E-state index in [2.05, 4.69) is 23.7 Å². The van der Waals surface area contributed by atoms with Crippen molar-refractivity contribution >= 4 is 17.2 Å². The van der Waals surface area contributed by atoms with E-state index in [0.29, 0.717) is 0 Å². The van der Waals surface area contributed by atoms with Gasteiger partial charge in [0.05, 0.1) is 19.1 Å². The molecule has 1 N–H and O–H groups in total. The van der Waals surface area contributed by atoms with Crippen LogP contribution in [0.3, 0.4) is 0 Å². The minimum atomic E-state index is 0.0737. The number of aryl methyl sites for hydroxylation is 1. The van der Waals surface area contributed by atoms with Crippen molar-refractivity contribution in [2.45, 2.75) is 32.1 Å². The fourth-order valence-electron chi connectivity index (χ4n) is 2.74. The number of carbonyl (C=O) groups is 1. The molecule has 1 saturated heterocycles. The van der Waals surface area contributed by atoms with Crippen LogP contribution in [0.5, 0.6) is 0 Å². The zero-order valence-corrected chi connectivity index (χ0v) is 11.5. The number of hydrogen-bond acceptors (Lipinski definition) is 3. The predicted octanol–water partition coefficient (Wildman–Crippen LogP) is 2.32. The van der Waals surface area contributed by atoms with E-state index in [1.165, 1.54) is 10.4 Å². The van der Waals surface area contributed by atoms with Crippen molar-refractivity contribution in [3.8, 4) is 0 Å². The number of thiophene rings is 1. The maximum absolute atomic E-state index is 12.3. The topological polar surface area (TPSA) is 38.3 Å². The van der Waals surface area contributed by atoms with Gasteiger partial charge in [-0.2, -0.15) is 0 Å². The minimum Gasteiger partial charge on any atom is -0.380 e. The lowest BCUT2D eigenvalue weighted by Crippen LogP contribution is -2.49. The second-order valence-electron chi connectivity index (χ2n) is 5.77. The van der Waals surface area contributed by atoms with E-state index in [1.54, 1.807) is 11.3 Å². The number of carbonyl (C=O) groups excluding carboxylic acids is 1. The van der Waals surface area contributed by atoms with Crippen LogP contribution in [-0.2, 0) is 16.0 Å². The Bertz CT molecular complexity index is 450. The normalized spacial score (nSPS) is 25.1. The van der Waals surface area contributed by atoms with E-state index < -0.39 is 0 Å². The van der Waals surface area contributed by atoms with Crippen LogP contribution in [0, 0.1) is 5.41 Å². The molecule has 1 aliphatic carbocycles. The zero-order valence-electron chi connectivity index (χ0n) is 10.7. The van der Waals surface area contributed by atoms with Crippen molar-refractivity contribution in [1.29, 1.82) is 0 Å².